The van der Waals surface area contributed by atoms with Gasteiger partial charge in [-0.3, -0.25) is 14.8 Å². The Labute approximate surface area is 273 Å². The van der Waals surface area contributed by atoms with Crippen molar-refractivity contribution in [3.63, 3.8) is 0 Å². The van der Waals surface area contributed by atoms with Crippen LogP contribution in [0, 0.1) is 25.6 Å². The third-order valence-corrected chi connectivity index (χ3v) is 9.24. The second-order valence-electron chi connectivity index (χ2n) is 12.6. The molecule has 1 aliphatic heterocycles. The number of hydrogen-bond acceptors (Lipinski definition) is 4. The molecule has 0 N–H and O–H groups in total. The molecule has 0 bridgehead atoms. The Kier molecular flexibility index (Phi) is 10.6. The van der Waals surface area contributed by atoms with Crippen LogP contribution in [0.1, 0.15) is 67.7 Å². The van der Waals surface area contributed by atoms with E-state index in [2.05, 4.69) is 13.5 Å². The Balaban J connectivity index is 1.39. The molecular formula is C37H42F6N4. The van der Waals surface area contributed by atoms with Crippen molar-refractivity contribution in [1.82, 2.24) is 4.90 Å². The van der Waals surface area contributed by atoms with Gasteiger partial charge in [-0.1, -0.05) is 62.7 Å². The summed E-state index contributed by atoms with van der Waals surface area (Å²) in [6.45, 7) is 6.86. The summed E-state index contributed by atoms with van der Waals surface area (Å²) in [7, 11) is 0. The highest BCUT2D eigenvalue weighted by Gasteiger charge is 2.43. The van der Waals surface area contributed by atoms with E-state index in [1.54, 1.807) is 61.2 Å². The molecule has 0 radical (unpaired) electrons. The van der Waals surface area contributed by atoms with Gasteiger partial charge in [0.05, 0.1) is 17.4 Å². The minimum atomic E-state index is -4.68. The van der Waals surface area contributed by atoms with Gasteiger partial charge in [-0.2, -0.15) is 22.0 Å². The first-order valence-corrected chi connectivity index (χ1v) is 16.2. The smallest absolute Gasteiger partial charge is 0.358 e. The van der Waals surface area contributed by atoms with Crippen LogP contribution in [0.25, 0.3) is 0 Å². The molecule has 3 aromatic rings. The van der Waals surface area contributed by atoms with Crippen molar-refractivity contribution in [3.05, 3.63) is 107 Å². The fourth-order valence-corrected chi connectivity index (χ4v) is 6.52. The van der Waals surface area contributed by atoms with Crippen molar-refractivity contribution >= 4 is 17.1 Å². The molecule has 1 saturated carbocycles. The van der Waals surface area contributed by atoms with Crippen molar-refractivity contribution in [2.45, 2.75) is 84.2 Å². The highest BCUT2D eigenvalue weighted by atomic mass is 19.4. The predicted octanol–water partition coefficient (Wildman–Crippen LogP) is 9.85. The van der Waals surface area contributed by atoms with Crippen LogP contribution in [0.3, 0.4) is 0 Å². The Morgan fingerprint density at radius 1 is 0.936 bits per heavy atom. The molecule has 0 aromatic heterocycles. The van der Waals surface area contributed by atoms with Gasteiger partial charge in [-0.05, 0) is 86.9 Å². The largest absolute Gasteiger partial charge is 0.485 e. The van der Waals surface area contributed by atoms with E-state index in [9.17, 15) is 26.3 Å². The van der Waals surface area contributed by atoms with Gasteiger partial charge in [0, 0.05) is 35.9 Å². The van der Waals surface area contributed by atoms with Gasteiger partial charge in [-0.15, -0.1) is 0 Å². The number of rotatable bonds is 12. The SMILES string of the molecule is C=C(N1CCC(N(c2ccc(C(=NC(CC)CC3CC3)c3cccc(F)c3)c(C)c2)C(F)(F)F)CC1)N(c1ccccc1C)C(F)F. The lowest BCUT2D eigenvalue weighted by Gasteiger charge is -2.43. The zero-order valence-electron chi connectivity index (χ0n) is 27.1. The summed E-state index contributed by atoms with van der Waals surface area (Å²) in [6.07, 6.45) is -0.401. The molecule has 3 aromatic carbocycles. The van der Waals surface area contributed by atoms with E-state index in [0.717, 1.165) is 17.7 Å². The molecule has 10 heteroatoms. The lowest BCUT2D eigenvalue weighted by molar-refractivity contribution is -0.136. The summed E-state index contributed by atoms with van der Waals surface area (Å²) in [5, 5.41) is 0. The number of likely N-dealkylation sites (tertiary alicyclic amines) is 1. The zero-order chi connectivity index (χ0) is 33.9. The molecule has 252 valence electrons. The van der Waals surface area contributed by atoms with Crippen molar-refractivity contribution < 1.29 is 26.3 Å². The van der Waals surface area contributed by atoms with E-state index in [-0.39, 0.29) is 43.5 Å². The lowest BCUT2D eigenvalue weighted by Crippen LogP contribution is -2.52. The number of alkyl halides is 5. The molecule has 1 aliphatic carbocycles. The molecule has 2 aliphatic rings. The van der Waals surface area contributed by atoms with E-state index in [4.69, 9.17) is 4.99 Å². The van der Waals surface area contributed by atoms with Gasteiger partial charge in [-0.25, -0.2) is 4.39 Å². The first-order valence-electron chi connectivity index (χ1n) is 16.2. The van der Waals surface area contributed by atoms with Crippen LogP contribution in [0.15, 0.2) is 84.1 Å². The standard InChI is InChI=1S/C37H42F6N4/c1-5-30(22-27-13-14-27)44-35(28-10-8-11-29(38)23-28)33-16-15-32(21-25(33)3)47(37(41,42)43)31-17-19-45(20-18-31)26(4)46(36(39)40)34-12-7-6-9-24(34)2/h6-12,15-16,21,23,27,30-31,36H,4-5,13-14,17-20,22H2,1-3H3. The topological polar surface area (TPSA) is 22.1 Å². The first kappa shape index (κ1) is 34.4. The highest BCUT2D eigenvalue weighted by molar-refractivity contribution is 6.14. The van der Waals surface area contributed by atoms with Gasteiger partial charge >= 0.3 is 12.8 Å². The van der Waals surface area contributed by atoms with Crippen molar-refractivity contribution in [2.24, 2.45) is 10.9 Å². The van der Waals surface area contributed by atoms with Crippen LogP contribution >= 0.6 is 0 Å². The number of aryl methyl sites for hydroxylation is 2. The number of para-hydroxylation sites is 1. The van der Waals surface area contributed by atoms with E-state index in [1.165, 1.54) is 37.1 Å². The summed E-state index contributed by atoms with van der Waals surface area (Å²) in [4.78, 5) is 8.00. The normalized spacial score (nSPS) is 16.8. The predicted molar refractivity (Wildman–Crippen MR) is 177 cm³/mol. The Hall–Kier alpha value is -3.95. The third-order valence-electron chi connectivity index (χ3n) is 9.24. The second kappa shape index (κ2) is 14.4. The monoisotopic (exact) mass is 656 g/mol. The molecular weight excluding hydrogens is 614 g/mol. The number of nitrogens with zero attached hydrogens (tertiary/aromatic N) is 4. The molecule has 0 amide bonds. The number of anilines is 2. The molecule has 1 saturated heterocycles. The summed E-state index contributed by atoms with van der Waals surface area (Å²) in [5.74, 6) is 0.279. The molecule has 47 heavy (non-hydrogen) atoms. The maximum Gasteiger partial charge on any atom is 0.485 e. The molecule has 1 atom stereocenters. The van der Waals surface area contributed by atoms with E-state index in [1.807, 2.05) is 0 Å². The van der Waals surface area contributed by atoms with Gasteiger partial charge in [0.2, 0.25) is 0 Å². The van der Waals surface area contributed by atoms with E-state index < -0.39 is 24.7 Å². The Bertz CT molecular complexity index is 1570. The number of piperidine rings is 1. The molecule has 1 unspecified atom stereocenters. The number of halogens is 6. The quantitative estimate of drug-likeness (QED) is 0.110. The fraction of sp³-hybridized carbons (Fsp3) is 0.432. The highest BCUT2D eigenvalue weighted by Crippen LogP contribution is 2.38. The summed E-state index contributed by atoms with van der Waals surface area (Å²) in [5.41, 5.74) is 3.35. The van der Waals surface area contributed by atoms with Crippen LogP contribution in [0.5, 0.6) is 0 Å². The maximum atomic E-state index is 14.7. The molecule has 0 spiro atoms. The fourth-order valence-electron chi connectivity index (χ4n) is 6.52. The number of aliphatic imine (C=N–C) groups is 1. The Morgan fingerprint density at radius 3 is 2.21 bits per heavy atom. The van der Waals surface area contributed by atoms with Gasteiger partial charge in [0.1, 0.15) is 11.6 Å². The summed E-state index contributed by atoms with van der Waals surface area (Å²) in [6, 6.07) is 16.6. The minimum Gasteiger partial charge on any atom is -0.358 e. The van der Waals surface area contributed by atoms with Crippen LogP contribution < -0.4 is 9.80 Å². The minimum absolute atomic E-state index is 0.00578. The lowest BCUT2D eigenvalue weighted by atomic mass is 9.95. The molecule has 2 fully saturated rings. The first-order chi connectivity index (χ1) is 22.4. The number of benzene rings is 3. The van der Waals surface area contributed by atoms with E-state index >= 15 is 0 Å². The van der Waals surface area contributed by atoms with Crippen molar-refractivity contribution in [2.75, 3.05) is 22.9 Å². The zero-order valence-corrected chi connectivity index (χ0v) is 27.1. The van der Waals surface area contributed by atoms with Crippen LogP contribution in [0.2, 0.25) is 0 Å². The number of hydrogen-bond donors (Lipinski definition) is 0. The molecule has 1 heterocycles. The Morgan fingerprint density at radius 2 is 1.64 bits per heavy atom. The average Bonchev–Trinajstić information content (AvgIpc) is 3.84. The van der Waals surface area contributed by atoms with Gasteiger partial charge < -0.3 is 4.90 Å². The second-order valence-corrected chi connectivity index (χ2v) is 12.6. The van der Waals surface area contributed by atoms with Crippen LogP contribution in [-0.4, -0.2) is 48.6 Å². The third kappa shape index (κ3) is 8.14. The van der Waals surface area contributed by atoms with Crippen molar-refractivity contribution in [3.8, 4) is 0 Å². The molecule has 5 rings (SSSR count). The molecule has 4 nitrogen and oxygen atoms in total. The summed E-state index contributed by atoms with van der Waals surface area (Å²) < 4.78 is 86.9. The average molecular weight is 657 g/mol. The van der Waals surface area contributed by atoms with Gasteiger partial charge in [0.15, 0.2) is 0 Å². The summed E-state index contributed by atoms with van der Waals surface area (Å²) >= 11 is 0. The van der Waals surface area contributed by atoms with Crippen LogP contribution in [-0.2, 0) is 0 Å². The van der Waals surface area contributed by atoms with Gasteiger partial charge in [0.25, 0.3) is 0 Å². The van der Waals surface area contributed by atoms with Crippen molar-refractivity contribution in [1.29, 1.82) is 0 Å². The van der Waals surface area contributed by atoms with E-state index in [0.29, 0.717) is 44.5 Å². The van der Waals surface area contributed by atoms with Crippen LogP contribution in [0.4, 0.5) is 37.7 Å². The maximum absolute atomic E-state index is 14.7.